The maximum Gasteiger partial charge on any atom is 0.134 e. The van der Waals surface area contributed by atoms with E-state index in [1.54, 1.807) is 11.8 Å². The summed E-state index contributed by atoms with van der Waals surface area (Å²) in [6, 6.07) is 1.97. The molecule has 0 spiro atoms. The zero-order valence-corrected chi connectivity index (χ0v) is 11.5. The summed E-state index contributed by atoms with van der Waals surface area (Å²) in [5.41, 5.74) is 0. The van der Waals surface area contributed by atoms with E-state index in [-0.39, 0.29) is 6.61 Å². The van der Waals surface area contributed by atoms with Gasteiger partial charge in [-0.3, -0.25) is 0 Å². The molecule has 0 fully saturated rings. The SMILES string of the molecule is CCNc1cc(SCCCO)nc(C(C)C)n1. The highest BCUT2D eigenvalue weighted by Crippen LogP contribution is 2.22. The van der Waals surface area contributed by atoms with E-state index in [4.69, 9.17) is 5.11 Å². The highest BCUT2D eigenvalue weighted by Gasteiger charge is 2.08. The van der Waals surface area contributed by atoms with E-state index in [1.807, 2.05) is 6.07 Å². The Balaban J connectivity index is 2.79. The third-order valence-electron chi connectivity index (χ3n) is 2.15. The third-order valence-corrected chi connectivity index (χ3v) is 3.14. The van der Waals surface area contributed by atoms with E-state index in [2.05, 4.69) is 36.1 Å². The van der Waals surface area contributed by atoms with Crippen LogP contribution in [-0.2, 0) is 0 Å². The first-order chi connectivity index (χ1) is 8.17. The van der Waals surface area contributed by atoms with Crippen molar-refractivity contribution in [2.75, 3.05) is 24.2 Å². The van der Waals surface area contributed by atoms with Crippen molar-refractivity contribution in [2.45, 2.75) is 38.1 Å². The first-order valence-corrected chi connectivity index (χ1v) is 7.02. The molecule has 0 atom stereocenters. The molecule has 4 nitrogen and oxygen atoms in total. The Hall–Kier alpha value is -0.810. The normalized spacial score (nSPS) is 10.9. The lowest BCUT2D eigenvalue weighted by molar-refractivity contribution is 0.296. The Labute approximate surface area is 107 Å². The summed E-state index contributed by atoms with van der Waals surface area (Å²) >= 11 is 1.67. The number of rotatable bonds is 7. The zero-order chi connectivity index (χ0) is 12.7. The van der Waals surface area contributed by atoms with Gasteiger partial charge in [-0.1, -0.05) is 13.8 Å². The fourth-order valence-corrected chi connectivity index (χ4v) is 2.12. The molecule has 2 N–H and O–H groups in total. The van der Waals surface area contributed by atoms with Crippen LogP contribution in [0, 0.1) is 0 Å². The first kappa shape index (κ1) is 14.3. The van der Waals surface area contributed by atoms with Gasteiger partial charge in [-0.05, 0) is 13.3 Å². The van der Waals surface area contributed by atoms with E-state index in [0.717, 1.165) is 35.4 Å². The van der Waals surface area contributed by atoms with Crippen molar-refractivity contribution in [3.63, 3.8) is 0 Å². The van der Waals surface area contributed by atoms with Crippen molar-refractivity contribution in [1.29, 1.82) is 0 Å². The van der Waals surface area contributed by atoms with Crippen molar-refractivity contribution in [1.82, 2.24) is 9.97 Å². The second-order valence-electron chi connectivity index (χ2n) is 4.06. The predicted octanol–water partition coefficient (Wildman–Crippen LogP) is 2.51. The van der Waals surface area contributed by atoms with E-state index < -0.39 is 0 Å². The molecule has 0 saturated carbocycles. The minimum absolute atomic E-state index is 0.231. The molecule has 0 bridgehead atoms. The number of hydrogen-bond donors (Lipinski definition) is 2. The number of aromatic nitrogens is 2. The predicted molar refractivity (Wildman–Crippen MR) is 72.7 cm³/mol. The summed E-state index contributed by atoms with van der Waals surface area (Å²) in [5.74, 6) is 2.97. The molecule has 1 aromatic heterocycles. The number of nitrogens with one attached hydrogen (secondary N) is 1. The van der Waals surface area contributed by atoms with E-state index >= 15 is 0 Å². The van der Waals surface area contributed by atoms with Crippen LogP contribution in [0.3, 0.4) is 0 Å². The van der Waals surface area contributed by atoms with Crippen LogP contribution >= 0.6 is 11.8 Å². The van der Waals surface area contributed by atoms with Crippen LogP contribution in [0.5, 0.6) is 0 Å². The van der Waals surface area contributed by atoms with Gasteiger partial charge in [0.2, 0.25) is 0 Å². The van der Waals surface area contributed by atoms with Crippen LogP contribution in [0.4, 0.5) is 5.82 Å². The number of nitrogens with zero attached hydrogens (tertiary/aromatic N) is 2. The number of anilines is 1. The highest BCUT2D eigenvalue weighted by atomic mass is 32.2. The maximum absolute atomic E-state index is 8.77. The summed E-state index contributed by atoms with van der Waals surface area (Å²) < 4.78 is 0. The van der Waals surface area contributed by atoms with Gasteiger partial charge in [-0.2, -0.15) is 0 Å². The van der Waals surface area contributed by atoms with Gasteiger partial charge >= 0.3 is 0 Å². The van der Waals surface area contributed by atoms with Crippen LogP contribution in [0.15, 0.2) is 11.1 Å². The van der Waals surface area contributed by atoms with Crippen molar-refractivity contribution in [2.24, 2.45) is 0 Å². The second kappa shape index (κ2) is 7.50. The fraction of sp³-hybridized carbons (Fsp3) is 0.667. The lowest BCUT2D eigenvalue weighted by Crippen LogP contribution is -2.05. The monoisotopic (exact) mass is 255 g/mol. The average Bonchev–Trinajstić information content (AvgIpc) is 2.29. The molecule has 0 saturated heterocycles. The smallest absolute Gasteiger partial charge is 0.134 e. The molecule has 0 aromatic carbocycles. The Morgan fingerprint density at radius 3 is 2.76 bits per heavy atom. The van der Waals surface area contributed by atoms with Gasteiger partial charge < -0.3 is 10.4 Å². The number of thioether (sulfide) groups is 1. The standard InChI is InChI=1S/C12H21N3OS/c1-4-13-10-8-11(17-7-5-6-16)15-12(14-10)9(2)3/h8-9,16H,4-7H2,1-3H3,(H,13,14,15). The minimum atomic E-state index is 0.231. The maximum atomic E-state index is 8.77. The lowest BCUT2D eigenvalue weighted by atomic mass is 10.2. The molecular weight excluding hydrogens is 234 g/mol. The molecule has 0 aliphatic rings. The summed E-state index contributed by atoms with van der Waals surface area (Å²) in [6.45, 7) is 7.32. The van der Waals surface area contributed by atoms with Crippen molar-refractivity contribution in [3.05, 3.63) is 11.9 Å². The van der Waals surface area contributed by atoms with E-state index in [9.17, 15) is 0 Å². The first-order valence-electron chi connectivity index (χ1n) is 6.03. The molecule has 1 heterocycles. The van der Waals surface area contributed by atoms with E-state index in [1.165, 1.54) is 0 Å². The largest absolute Gasteiger partial charge is 0.396 e. The van der Waals surface area contributed by atoms with Gasteiger partial charge in [0.05, 0.1) is 0 Å². The zero-order valence-electron chi connectivity index (χ0n) is 10.7. The van der Waals surface area contributed by atoms with Gasteiger partial charge in [0.1, 0.15) is 16.7 Å². The summed E-state index contributed by atoms with van der Waals surface area (Å²) in [6.07, 6.45) is 0.794. The molecule has 5 heteroatoms. The van der Waals surface area contributed by atoms with Crippen LogP contribution < -0.4 is 5.32 Å². The van der Waals surface area contributed by atoms with Crippen LogP contribution in [0.25, 0.3) is 0 Å². The van der Waals surface area contributed by atoms with Crippen LogP contribution in [0.1, 0.15) is 38.9 Å². The Morgan fingerprint density at radius 1 is 1.41 bits per heavy atom. The molecule has 1 rings (SSSR count). The summed E-state index contributed by atoms with van der Waals surface area (Å²) in [5, 5.41) is 13.0. The molecule has 0 aliphatic heterocycles. The Bertz CT molecular complexity index is 345. The Morgan fingerprint density at radius 2 is 2.18 bits per heavy atom. The average molecular weight is 255 g/mol. The lowest BCUT2D eigenvalue weighted by Gasteiger charge is -2.10. The Kier molecular flexibility index (Phi) is 6.29. The number of hydrogen-bond acceptors (Lipinski definition) is 5. The van der Waals surface area contributed by atoms with Gasteiger partial charge in [0.15, 0.2) is 0 Å². The molecule has 1 aromatic rings. The van der Waals surface area contributed by atoms with Gasteiger partial charge in [-0.15, -0.1) is 11.8 Å². The molecule has 0 unspecified atom stereocenters. The van der Waals surface area contributed by atoms with Crippen LogP contribution in [-0.4, -0.2) is 34.0 Å². The highest BCUT2D eigenvalue weighted by molar-refractivity contribution is 7.99. The molecule has 0 radical (unpaired) electrons. The molecule has 0 amide bonds. The second-order valence-corrected chi connectivity index (χ2v) is 5.18. The van der Waals surface area contributed by atoms with Gasteiger partial charge in [0, 0.05) is 30.9 Å². The van der Waals surface area contributed by atoms with Gasteiger partial charge in [-0.25, -0.2) is 9.97 Å². The summed E-state index contributed by atoms with van der Waals surface area (Å²) in [4.78, 5) is 8.98. The van der Waals surface area contributed by atoms with Crippen molar-refractivity contribution >= 4 is 17.6 Å². The molecule has 17 heavy (non-hydrogen) atoms. The van der Waals surface area contributed by atoms with Crippen molar-refractivity contribution < 1.29 is 5.11 Å². The van der Waals surface area contributed by atoms with Gasteiger partial charge in [0.25, 0.3) is 0 Å². The molecule has 0 aliphatic carbocycles. The van der Waals surface area contributed by atoms with Crippen molar-refractivity contribution in [3.8, 4) is 0 Å². The third kappa shape index (κ3) is 4.91. The molecular formula is C12H21N3OS. The number of aliphatic hydroxyl groups is 1. The topological polar surface area (TPSA) is 58.0 Å². The van der Waals surface area contributed by atoms with Crippen LogP contribution in [0.2, 0.25) is 0 Å². The fourth-order valence-electron chi connectivity index (χ4n) is 1.29. The number of aliphatic hydroxyl groups excluding tert-OH is 1. The quantitative estimate of drug-likeness (QED) is 0.445. The molecule has 96 valence electrons. The van der Waals surface area contributed by atoms with E-state index in [0.29, 0.717) is 5.92 Å². The minimum Gasteiger partial charge on any atom is -0.396 e. The summed E-state index contributed by atoms with van der Waals surface area (Å²) in [7, 11) is 0.